The number of hydrogen-bond donors (Lipinski definition) is 1. The number of hydrogen-bond acceptors (Lipinski definition) is 4. The van der Waals surface area contributed by atoms with Crippen LogP contribution in [0, 0.1) is 13.8 Å². The molecule has 0 saturated carbocycles. The van der Waals surface area contributed by atoms with Crippen molar-refractivity contribution in [3.63, 3.8) is 0 Å². The van der Waals surface area contributed by atoms with Crippen LogP contribution >= 0.6 is 0 Å². The summed E-state index contributed by atoms with van der Waals surface area (Å²) in [5.74, 6) is 0.744. The zero-order valence-electron chi connectivity index (χ0n) is 12.6. The predicted octanol–water partition coefficient (Wildman–Crippen LogP) is 2.47. The fourth-order valence-electron chi connectivity index (χ4n) is 1.66. The lowest BCUT2D eigenvalue weighted by atomic mass is 10.1. The predicted molar refractivity (Wildman–Crippen MR) is 73.5 cm³/mol. The molecule has 0 unspecified atom stereocenters. The second-order valence-electron chi connectivity index (χ2n) is 5.45. The van der Waals surface area contributed by atoms with E-state index in [1.807, 2.05) is 27.7 Å². The SMILES string of the molecule is COC(C)(C)c1nc(C)c(CNC(C)C)c(C)n1. The third kappa shape index (κ3) is 3.50. The zero-order valence-corrected chi connectivity index (χ0v) is 12.6. The zero-order chi connectivity index (χ0) is 13.9. The molecule has 4 heteroatoms. The molecule has 0 atom stereocenters. The molecule has 0 aromatic carbocycles. The minimum Gasteiger partial charge on any atom is -0.371 e. The van der Waals surface area contributed by atoms with Crippen LogP contribution in [0.3, 0.4) is 0 Å². The molecule has 0 spiro atoms. The summed E-state index contributed by atoms with van der Waals surface area (Å²) in [5, 5.41) is 3.40. The van der Waals surface area contributed by atoms with Crippen LogP contribution in [0.1, 0.15) is 50.5 Å². The van der Waals surface area contributed by atoms with E-state index in [1.165, 1.54) is 5.56 Å². The van der Waals surface area contributed by atoms with Gasteiger partial charge in [0.15, 0.2) is 5.82 Å². The number of methoxy groups -OCH3 is 1. The lowest BCUT2D eigenvalue weighted by molar-refractivity contribution is 0.0111. The highest BCUT2D eigenvalue weighted by Crippen LogP contribution is 2.22. The Hall–Kier alpha value is -1.00. The fourth-order valence-corrected chi connectivity index (χ4v) is 1.66. The van der Waals surface area contributed by atoms with Crippen molar-refractivity contribution in [2.75, 3.05) is 7.11 Å². The van der Waals surface area contributed by atoms with Gasteiger partial charge >= 0.3 is 0 Å². The summed E-state index contributed by atoms with van der Waals surface area (Å²) in [4.78, 5) is 9.16. The van der Waals surface area contributed by atoms with Crippen LogP contribution in [0.5, 0.6) is 0 Å². The van der Waals surface area contributed by atoms with E-state index in [2.05, 4.69) is 29.1 Å². The molecule has 102 valence electrons. The summed E-state index contributed by atoms with van der Waals surface area (Å²) in [7, 11) is 1.68. The summed E-state index contributed by atoms with van der Waals surface area (Å²) in [6, 6.07) is 0.457. The molecule has 18 heavy (non-hydrogen) atoms. The van der Waals surface area contributed by atoms with Gasteiger partial charge in [-0.05, 0) is 27.7 Å². The van der Waals surface area contributed by atoms with Crippen LogP contribution in [0.4, 0.5) is 0 Å². The molecular formula is C14H25N3O. The van der Waals surface area contributed by atoms with E-state index < -0.39 is 5.60 Å². The Labute approximate surface area is 110 Å². The molecule has 4 nitrogen and oxygen atoms in total. The summed E-state index contributed by atoms with van der Waals surface area (Å²) >= 11 is 0. The average Bonchev–Trinajstić information content (AvgIpc) is 2.27. The quantitative estimate of drug-likeness (QED) is 0.873. The van der Waals surface area contributed by atoms with Crippen molar-refractivity contribution in [3.8, 4) is 0 Å². The van der Waals surface area contributed by atoms with E-state index in [0.717, 1.165) is 23.8 Å². The van der Waals surface area contributed by atoms with Gasteiger partial charge in [0.2, 0.25) is 0 Å². The maximum absolute atomic E-state index is 5.43. The highest BCUT2D eigenvalue weighted by atomic mass is 16.5. The van der Waals surface area contributed by atoms with Gasteiger partial charge in [0, 0.05) is 36.6 Å². The van der Waals surface area contributed by atoms with Gasteiger partial charge in [-0.15, -0.1) is 0 Å². The second-order valence-corrected chi connectivity index (χ2v) is 5.45. The number of ether oxygens (including phenoxy) is 1. The molecule has 0 saturated heterocycles. The van der Waals surface area contributed by atoms with E-state index in [1.54, 1.807) is 7.11 Å². The number of aryl methyl sites for hydroxylation is 2. The normalized spacial score (nSPS) is 12.2. The van der Waals surface area contributed by atoms with E-state index in [9.17, 15) is 0 Å². The van der Waals surface area contributed by atoms with Crippen LogP contribution < -0.4 is 5.32 Å². The maximum Gasteiger partial charge on any atom is 0.160 e. The van der Waals surface area contributed by atoms with Gasteiger partial charge in [-0.3, -0.25) is 0 Å². The lowest BCUT2D eigenvalue weighted by Crippen LogP contribution is -2.27. The molecule has 1 heterocycles. The minimum absolute atomic E-state index is 0.445. The molecule has 1 aromatic heterocycles. The Morgan fingerprint density at radius 3 is 2.06 bits per heavy atom. The monoisotopic (exact) mass is 251 g/mol. The van der Waals surface area contributed by atoms with Gasteiger partial charge in [-0.1, -0.05) is 13.8 Å². The standard InChI is InChI=1S/C14H25N3O/c1-9(2)15-8-12-10(3)16-13(17-11(12)4)14(5,6)18-7/h9,15H,8H2,1-7H3. The van der Waals surface area contributed by atoms with Crippen LogP contribution in [0.2, 0.25) is 0 Å². The first-order chi connectivity index (χ1) is 8.27. The molecule has 1 aromatic rings. The maximum atomic E-state index is 5.43. The lowest BCUT2D eigenvalue weighted by Gasteiger charge is -2.23. The van der Waals surface area contributed by atoms with E-state index in [-0.39, 0.29) is 0 Å². The van der Waals surface area contributed by atoms with E-state index in [4.69, 9.17) is 4.74 Å². The van der Waals surface area contributed by atoms with Gasteiger partial charge < -0.3 is 10.1 Å². The van der Waals surface area contributed by atoms with Crippen molar-refractivity contribution in [2.45, 2.75) is 59.7 Å². The number of aromatic nitrogens is 2. The summed E-state index contributed by atoms with van der Waals surface area (Å²) < 4.78 is 5.43. The van der Waals surface area contributed by atoms with E-state index in [0.29, 0.717) is 6.04 Å². The van der Waals surface area contributed by atoms with Crippen molar-refractivity contribution >= 4 is 0 Å². The highest BCUT2D eigenvalue weighted by Gasteiger charge is 2.24. The molecule has 0 bridgehead atoms. The first kappa shape index (κ1) is 15.1. The number of nitrogens with zero attached hydrogens (tertiary/aromatic N) is 2. The van der Waals surface area contributed by atoms with Crippen molar-refractivity contribution in [1.82, 2.24) is 15.3 Å². The highest BCUT2D eigenvalue weighted by molar-refractivity contribution is 5.25. The van der Waals surface area contributed by atoms with Crippen LogP contribution in [-0.4, -0.2) is 23.1 Å². The van der Waals surface area contributed by atoms with Crippen molar-refractivity contribution < 1.29 is 4.74 Å². The van der Waals surface area contributed by atoms with Crippen LogP contribution in [0.25, 0.3) is 0 Å². The number of rotatable bonds is 5. The Morgan fingerprint density at radius 1 is 1.17 bits per heavy atom. The largest absolute Gasteiger partial charge is 0.371 e. The topological polar surface area (TPSA) is 47.0 Å². The molecule has 0 aliphatic rings. The molecule has 0 aliphatic heterocycles. The molecular weight excluding hydrogens is 226 g/mol. The van der Waals surface area contributed by atoms with Crippen molar-refractivity contribution in [1.29, 1.82) is 0 Å². The van der Waals surface area contributed by atoms with Gasteiger partial charge in [0.1, 0.15) is 5.60 Å². The molecule has 1 rings (SSSR count). The van der Waals surface area contributed by atoms with Gasteiger partial charge in [0.25, 0.3) is 0 Å². The van der Waals surface area contributed by atoms with E-state index >= 15 is 0 Å². The molecule has 0 fully saturated rings. The number of nitrogens with one attached hydrogen (secondary N) is 1. The first-order valence-corrected chi connectivity index (χ1v) is 6.41. The van der Waals surface area contributed by atoms with Crippen molar-refractivity contribution in [3.05, 3.63) is 22.8 Å². The summed E-state index contributed by atoms with van der Waals surface area (Å²) in [5.41, 5.74) is 2.78. The van der Waals surface area contributed by atoms with Crippen molar-refractivity contribution in [2.24, 2.45) is 0 Å². The Balaban J connectivity index is 3.05. The Bertz CT molecular complexity index is 390. The molecule has 0 aliphatic carbocycles. The fraction of sp³-hybridized carbons (Fsp3) is 0.714. The summed E-state index contributed by atoms with van der Waals surface area (Å²) in [6.45, 7) is 13.1. The first-order valence-electron chi connectivity index (χ1n) is 6.41. The second kappa shape index (κ2) is 5.76. The smallest absolute Gasteiger partial charge is 0.160 e. The average molecular weight is 251 g/mol. The molecule has 0 amide bonds. The van der Waals surface area contributed by atoms with Gasteiger partial charge in [0.05, 0.1) is 0 Å². The van der Waals surface area contributed by atoms with Gasteiger partial charge in [-0.2, -0.15) is 0 Å². The Morgan fingerprint density at radius 2 is 1.67 bits per heavy atom. The summed E-state index contributed by atoms with van der Waals surface area (Å²) in [6.07, 6.45) is 0. The molecule has 1 N–H and O–H groups in total. The third-order valence-corrected chi connectivity index (χ3v) is 3.16. The Kier molecular flexibility index (Phi) is 4.82. The molecule has 0 radical (unpaired) electrons. The minimum atomic E-state index is -0.445. The van der Waals surface area contributed by atoms with Gasteiger partial charge in [-0.25, -0.2) is 9.97 Å². The van der Waals surface area contributed by atoms with Crippen LogP contribution in [-0.2, 0) is 16.9 Å². The van der Waals surface area contributed by atoms with Crippen LogP contribution in [0.15, 0.2) is 0 Å². The third-order valence-electron chi connectivity index (χ3n) is 3.16.